The normalized spacial score (nSPS) is 15.0. The highest BCUT2D eigenvalue weighted by Gasteiger charge is 2.26. The van der Waals surface area contributed by atoms with Crippen LogP contribution in [0.4, 0.5) is 5.69 Å². The molecule has 1 amide bonds. The minimum Gasteiger partial charge on any atom is -0.434 e. The molecular weight excluding hydrogens is 388 g/mol. The van der Waals surface area contributed by atoms with Crippen LogP contribution in [0.1, 0.15) is 24.4 Å². The van der Waals surface area contributed by atoms with E-state index in [2.05, 4.69) is 33.4 Å². The summed E-state index contributed by atoms with van der Waals surface area (Å²) in [5.41, 5.74) is 3.17. The van der Waals surface area contributed by atoms with Crippen LogP contribution in [0.15, 0.2) is 60.7 Å². The van der Waals surface area contributed by atoms with Gasteiger partial charge in [-0.15, -0.1) is 0 Å². The lowest BCUT2D eigenvalue weighted by Gasteiger charge is -2.32. The highest BCUT2D eigenvalue weighted by Crippen LogP contribution is 2.23. The molecule has 2 aromatic carbocycles. The van der Waals surface area contributed by atoms with Crippen molar-refractivity contribution in [2.45, 2.75) is 18.9 Å². The molecule has 3 aromatic rings. The number of benzene rings is 2. The largest absolute Gasteiger partial charge is 0.434 e. The summed E-state index contributed by atoms with van der Waals surface area (Å²) in [7, 11) is 3.78. The zero-order chi connectivity index (χ0) is 21.6. The molecule has 2 N–H and O–H groups in total. The number of H-pyrrole nitrogens is 1. The molecule has 1 saturated heterocycles. The van der Waals surface area contributed by atoms with Gasteiger partial charge in [-0.3, -0.25) is 4.79 Å². The maximum atomic E-state index is 13.0. The van der Waals surface area contributed by atoms with Crippen LogP contribution in [-0.2, 0) is 4.79 Å². The van der Waals surface area contributed by atoms with Crippen molar-refractivity contribution in [1.82, 2.24) is 9.80 Å². The second-order valence-corrected chi connectivity index (χ2v) is 8.10. The van der Waals surface area contributed by atoms with Crippen molar-refractivity contribution in [3.63, 3.8) is 0 Å². The number of aromatic nitrogens is 1. The molecule has 1 fully saturated rings. The van der Waals surface area contributed by atoms with E-state index < -0.39 is 0 Å². The molecule has 162 valence electrons. The van der Waals surface area contributed by atoms with Crippen molar-refractivity contribution < 1.29 is 14.5 Å². The van der Waals surface area contributed by atoms with Gasteiger partial charge in [0.25, 0.3) is 5.91 Å². The van der Waals surface area contributed by atoms with Crippen molar-refractivity contribution in [3.05, 3.63) is 66.2 Å². The molecule has 0 aliphatic carbocycles. The Bertz CT molecular complexity index is 1020. The third kappa shape index (κ3) is 5.14. The van der Waals surface area contributed by atoms with E-state index in [0.717, 1.165) is 41.8 Å². The van der Waals surface area contributed by atoms with Crippen molar-refractivity contribution in [2.24, 2.45) is 0 Å². The summed E-state index contributed by atoms with van der Waals surface area (Å²) in [5, 5.41) is 4.22. The van der Waals surface area contributed by atoms with Crippen LogP contribution in [-0.4, -0.2) is 56.0 Å². The third-order valence-corrected chi connectivity index (χ3v) is 6.04. The fourth-order valence-electron chi connectivity index (χ4n) is 4.15. The number of nitrogens with zero attached hydrogens (tertiary/aromatic N) is 2. The summed E-state index contributed by atoms with van der Waals surface area (Å²) >= 11 is 0. The molecule has 1 aromatic heterocycles. The summed E-state index contributed by atoms with van der Waals surface area (Å²) < 4.78 is 5.83. The molecule has 0 spiro atoms. The first kappa shape index (κ1) is 21.1. The van der Waals surface area contributed by atoms with Crippen LogP contribution in [0.3, 0.4) is 0 Å². The molecule has 4 rings (SSSR count). The van der Waals surface area contributed by atoms with E-state index in [1.54, 1.807) is 0 Å². The number of nitrogens with one attached hydrogen (secondary N) is 2. The number of hydrogen-bond acceptors (Lipinski definition) is 4. The first-order valence-corrected chi connectivity index (χ1v) is 10.9. The van der Waals surface area contributed by atoms with Gasteiger partial charge in [-0.25, -0.2) is 0 Å². The van der Waals surface area contributed by atoms with E-state index in [9.17, 15) is 4.79 Å². The average molecular weight is 420 g/mol. The third-order valence-electron chi connectivity index (χ3n) is 6.04. The van der Waals surface area contributed by atoms with Crippen LogP contribution in [0.2, 0.25) is 0 Å². The fraction of sp³-hybridized carbons (Fsp3) is 0.360. The average Bonchev–Trinajstić information content (AvgIpc) is 3.34. The summed E-state index contributed by atoms with van der Waals surface area (Å²) in [5.74, 6) is 0.550. The Labute approximate surface area is 183 Å². The number of pyridine rings is 1. The number of ether oxygens (including phenoxy) is 1. The smallest absolute Gasteiger partial charge is 0.367 e. The van der Waals surface area contributed by atoms with Crippen molar-refractivity contribution in [1.29, 1.82) is 0 Å². The van der Waals surface area contributed by atoms with Gasteiger partial charge in [0.05, 0.1) is 12.1 Å². The van der Waals surface area contributed by atoms with E-state index in [4.69, 9.17) is 4.74 Å². The first-order valence-electron chi connectivity index (χ1n) is 10.9. The van der Waals surface area contributed by atoms with Gasteiger partial charge in [-0.2, -0.15) is 4.98 Å². The minimum atomic E-state index is -0.0351. The summed E-state index contributed by atoms with van der Waals surface area (Å²) in [4.78, 5) is 20.5. The van der Waals surface area contributed by atoms with E-state index in [-0.39, 0.29) is 18.6 Å². The van der Waals surface area contributed by atoms with Crippen molar-refractivity contribution in [3.8, 4) is 5.88 Å². The maximum absolute atomic E-state index is 13.0. The van der Waals surface area contributed by atoms with Gasteiger partial charge in [-0.1, -0.05) is 30.3 Å². The molecule has 31 heavy (non-hydrogen) atoms. The molecule has 2 heterocycles. The molecule has 1 unspecified atom stereocenters. The highest BCUT2D eigenvalue weighted by molar-refractivity contribution is 5.80. The van der Waals surface area contributed by atoms with Gasteiger partial charge in [0.2, 0.25) is 5.52 Å². The number of rotatable bonds is 8. The Hall–Kier alpha value is -3.12. The molecule has 1 aliphatic heterocycles. The molecule has 0 bridgehead atoms. The van der Waals surface area contributed by atoms with E-state index >= 15 is 0 Å². The van der Waals surface area contributed by atoms with Gasteiger partial charge < -0.3 is 19.9 Å². The Balaban J connectivity index is 1.43. The monoisotopic (exact) mass is 419 g/mol. The number of fused-ring (bicyclic) bond motifs is 1. The van der Waals surface area contributed by atoms with Gasteiger partial charge in [0.15, 0.2) is 6.61 Å². The number of carbonyl (C=O) groups is 1. The zero-order valence-electron chi connectivity index (χ0n) is 18.3. The molecule has 1 atom stereocenters. The standard InChI is InChI=1S/C25H30N4O2/c1-26-21-11-12-22-20(16-21)10-13-24(27-22)31-18-25(30)28(2)23(17-29-14-6-7-15-29)19-8-4-3-5-9-19/h3-5,8-13,16,23,26H,6-7,14-15,17-18H2,1-2H3/p+1. The Morgan fingerprint density at radius 2 is 1.90 bits per heavy atom. The summed E-state index contributed by atoms with van der Waals surface area (Å²) in [6, 6.07) is 20.2. The molecule has 6 heteroatoms. The molecular formula is C25H31N4O2+. The lowest BCUT2D eigenvalue weighted by atomic mass is 10.0. The van der Waals surface area contributed by atoms with Crippen LogP contribution in [0.5, 0.6) is 5.88 Å². The van der Waals surface area contributed by atoms with Gasteiger partial charge >= 0.3 is 5.88 Å². The second-order valence-electron chi connectivity index (χ2n) is 8.10. The molecule has 6 nitrogen and oxygen atoms in total. The predicted molar refractivity (Wildman–Crippen MR) is 123 cm³/mol. The van der Waals surface area contributed by atoms with Crippen LogP contribution in [0.25, 0.3) is 10.9 Å². The lowest BCUT2D eigenvalue weighted by Crippen LogP contribution is -2.40. The number of carbonyl (C=O) groups excluding carboxylic acids is 1. The Morgan fingerprint density at radius 1 is 1.13 bits per heavy atom. The predicted octanol–water partition coefficient (Wildman–Crippen LogP) is 3.37. The number of anilines is 1. The van der Waals surface area contributed by atoms with Gasteiger partial charge in [-0.05, 0) is 49.7 Å². The van der Waals surface area contributed by atoms with Crippen LogP contribution in [0, 0.1) is 0 Å². The minimum absolute atomic E-state index is 0.00353. The topological polar surface area (TPSA) is 59.0 Å². The Kier molecular flexibility index (Phi) is 6.67. The van der Waals surface area contributed by atoms with Crippen molar-refractivity contribution >= 4 is 22.5 Å². The highest BCUT2D eigenvalue weighted by atomic mass is 16.5. The van der Waals surface area contributed by atoms with E-state index in [1.807, 2.05) is 61.5 Å². The van der Waals surface area contributed by atoms with Gasteiger partial charge in [0, 0.05) is 37.8 Å². The number of likely N-dealkylation sites (N-methyl/N-ethyl adjacent to an activating group) is 1. The summed E-state index contributed by atoms with van der Waals surface area (Å²) in [6.45, 7) is 3.05. The first-order chi connectivity index (χ1) is 15.1. The van der Waals surface area contributed by atoms with Crippen LogP contribution < -0.4 is 15.0 Å². The zero-order valence-corrected chi connectivity index (χ0v) is 18.3. The number of amides is 1. The van der Waals surface area contributed by atoms with E-state index in [0.29, 0.717) is 5.88 Å². The van der Waals surface area contributed by atoms with Crippen molar-refractivity contribution in [2.75, 3.05) is 45.7 Å². The van der Waals surface area contributed by atoms with Gasteiger partial charge in [0.1, 0.15) is 0 Å². The number of hydrogen-bond donors (Lipinski definition) is 1. The molecule has 0 saturated carbocycles. The molecule has 0 radical (unpaired) electrons. The maximum Gasteiger partial charge on any atom is 0.367 e. The lowest BCUT2D eigenvalue weighted by molar-refractivity contribution is -0.362. The van der Waals surface area contributed by atoms with E-state index in [1.165, 1.54) is 12.8 Å². The second kappa shape index (κ2) is 9.79. The quantitative estimate of drug-likeness (QED) is 0.608. The Morgan fingerprint density at radius 3 is 2.65 bits per heavy atom. The number of likely N-dealkylation sites (tertiary alicyclic amines) is 1. The summed E-state index contributed by atoms with van der Waals surface area (Å²) in [6.07, 6.45) is 2.46. The van der Waals surface area contributed by atoms with Crippen LogP contribution >= 0.6 is 0 Å². The number of aromatic amines is 1. The SMILES string of the molecule is CNc1ccc2[nH+]c(OCC(=O)N(C)C(CN3CCCC3)c3ccccc3)ccc2c1. The fourth-order valence-corrected chi connectivity index (χ4v) is 4.15. The molecule has 1 aliphatic rings.